The molecule has 0 saturated carbocycles. The van der Waals surface area contributed by atoms with E-state index in [-0.39, 0.29) is 27.8 Å². The zero-order chi connectivity index (χ0) is 19.3. The van der Waals surface area contributed by atoms with Gasteiger partial charge in [0.1, 0.15) is 5.82 Å². The number of carbonyl (C=O) groups is 2. The van der Waals surface area contributed by atoms with Crippen molar-refractivity contribution in [3.63, 3.8) is 0 Å². The lowest BCUT2D eigenvalue weighted by atomic mass is 10.2. The minimum atomic E-state index is -0.785. The smallest absolute Gasteiger partial charge is 0.338 e. The largest absolute Gasteiger partial charge is 0.493 e. The molecule has 0 atom stereocenters. The van der Waals surface area contributed by atoms with Crippen LogP contribution in [-0.4, -0.2) is 32.7 Å². The molecule has 0 fully saturated rings. The van der Waals surface area contributed by atoms with Gasteiger partial charge in [-0.15, -0.1) is 0 Å². The lowest BCUT2D eigenvalue weighted by Gasteiger charge is -2.12. The van der Waals surface area contributed by atoms with Crippen molar-refractivity contribution in [3.8, 4) is 11.5 Å². The third-order valence-corrected chi connectivity index (χ3v) is 3.68. The molecule has 0 radical (unpaired) electrons. The fourth-order valence-corrected chi connectivity index (χ4v) is 2.45. The van der Waals surface area contributed by atoms with Gasteiger partial charge in [-0.2, -0.15) is 0 Å². The van der Waals surface area contributed by atoms with Gasteiger partial charge in [0.05, 0.1) is 30.5 Å². The highest BCUT2D eigenvalue weighted by Crippen LogP contribution is 2.36. The average Bonchev–Trinajstić information content (AvgIpc) is 2.61. The summed E-state index contributed by atoms with van der Waals surface area (Å²) in [6.45, 7) is 1.14. The van der Waals surface area contributed by atoms with Gasteiger partial charge in [0.2, 0.25) is 0 Å². The number of halogens is 2. The van der Waals surface area contributed by atoms with Crippen LogP contribution in [0.2, 0.25) is 5.02 Å². The third-order valence-electron chi connectivity index (χ3n) is 3.40. The molecule has 6 nitrogen and oxygen atoms in total. The first-order chi connectivity index (χ1) is 12.3. The first kappa shape index (κ1) is 19.5. The molecule has 0 aromatic heterocycles. The highest BCUT2D eigenvalue weighted by atomic mass is 35.5. The van der Waals surface area contributed by atoms with Crippen LogP contribution in [0.3, 0.4) is 0 Å². The summed E-state index contributed by atoms with van der Waals surface area (Å²) in [4.78, 5) is 24.0. The Kier molecular flexibility index (Phi) is 6.41. The number of amides is 1. The maximum Gasteiger partial charge on any atom is 0.338 e. The number of benzene rings is 2. The second-order valence-corrected chi connectivity index (χ2v) is 5.71. The average molecular weight is 382 g/mol. The molecule has 0 spiro atoms. The molecule has 26 heavy (non-hydrogen) atoms. The zero-order valence-corrected chi connectivity index (χ0v) is 15.1. The quantitative estimate of drug-likeness (QED) is 0.774. The van der Waals surface area contributed by atoms with Gasteiger partial charge >= 0.3 is 5.97 Å². The van der Waals surface area contributed by atoms with Crippen molar-refractivity contribution in [3.05, 3.63) is 52.3 Å². The molecule has 2 rings (SSSR count). The summed E-state index contributed by atoms with van der Waals surface area (Å²) in [7, 11) is 2.81. The predicted octanol–water partition coefficient (Wildman–Crippen LogP) is 3.60. The predicted molar refractivity (Wildman–Crippen MR) is 94.6 cm³/mol. The van der Waals surface area contributed by atoms with E-state index in [1.807, 2.05) is 0 Å². The van der Waals surface area contributed by atoms with Crippen LogP contribution in [0.15, 0.2) is 30.3 Å². The van der Waals surface area contributed by atoms with E-state index in [1.165, 1.54) is 38.5 Å². The van der Waals surface area contributed by atoms with Gasteiger partial charge in [0.15, 0.2) is 18.1 Å². The Hall–Kier alpha value is -2.80. The number of esters is 1. The number of carbonyl (C=O) groups excluding carboxylic acids is 2. The fourth-order valence-electron chi connectivity index (χ4n) is 2.16. The monoisotopic (exact) mass is 381 g/mol. The summed E-state index contributed by atoms with van der Waals surface area (Å²) >= 11 is 6.02. The molecule has 0 aliphatic carbocycles. The van der Waals surface area contributed by atoms with Gasteiger partial charge in [-0.25, -0.2) is 9.18 Å². The van der Waals surface area contributed by atoms with Crippen molar-refractivity contribution in [2.45, 2.75) is 6.92 Å². The third kappa shape index (κ3) is 4.64. The van der Waals surface area contributed by atoms with Gasteiger partial charge in [0.25, 0.3) is 5.91 Å². The van der Waals surface area contributed by atoms with Crippen molar-refractivity contribution in [1.29, 1.82) is 0 Å². The first-order valence-electron chi connectivity index (χ1n) is 7.50. The fraction of sp³-hybridized carbons (Fsp3) is 0.222. The number of aryl methyl sites for hydroxylation is 1. The van der Waals surface area contributed by atoms with Gasteiger partial charge in [0, 0.05) is 0 Å². The number of nitrogens with one attached hydrogen (secondary N) is 1. The van der Waals surface area contributed by atoms with Crippen LogP contribution in [0.25, 0.3) is 0 Å². The molecular formula is C18H17ClFNO5. The van der Waals surface area contributed by atoms with Crippen molar-refractivity contribution in [2.75, 3.05) is 26.1 Å². The van der Waals surface area contributed by atoms with Crippen LogP contribution >= 0.6 is 11.6 Å². The normalized spacial score (nSPS) is 10.2. The molecule has 8 heteroatoms. The second kappa shape index (κ2) is 8.53. The van der Waals surface area contributed by atoms with E-state index in [0.29, 0.717) is 0 Å². The van der Waals surface area contributed by atoms with E-state index in [1.54, 1.807) is 13.0 Å². The van der Waals surface area contributed by atoms with E-state index in [4.69, 9.17) is 25.8 Å². The lowest BCUT2D eigenvalue weighted by Crippen LogP contribution is -2.21. The molecule has 0 aliphatic rings. The number of anilines is 1. The van der Waals surface area contributed by atoms with E-state index < -0.39 is 24.3 Å². The molecule has 1 amide bonds. The van der Waals surface area contributed by atoms with E-state index in [9.17, 15) is 14.0 Å². The molecule has 2 aromatic rings. The van der Waals surface area contributed by atoms with Crippen molar-refractivity contribution in [2.24, 2.45) is 0 Å². The molecule has 0 aliphatic heterocycles. The van der Waals surface area contributed by atoms with Crippen molar-refractivity contribution < 1.29 is 28.2 Å². The number of methoxy groups -OCH3 is 2. The molecule has 1 N–H and O–H groups in total. The topological polar surface area (TPSA) is 73.9 Å². The molecule has 0 heterocycles. The minimum absolute atomic E-state index is 0.00538. The maximum absolute atomic E-state index is 13.7. The molecule has 2 aromatic carbocycles. The maximum atomic E-state index is 13.7. The summed E-state index contributed by atoms with van der Waals surface area (Å²) in [6.07, 6.45) is 0. The van der Waals surface area contributed by atoms with Crippen LogP contribution < -0.4 is 14.8 Å². The number of rotatable bonds is 6. The van der Waals surface area contributed by atoms with E-state index in [2.05, 4.69) is 5.32 Å². The number of hydrogen-bond donors (Lipinski definition) is 1. The Morgan fingerprint density at radius 2 is 1.88 bits per heavy atom. The summed E-state index contributed by atoms with van der Waals surface area (Å²) in [5.74, 6) is -1.51. The van der Waals surface area contributed by atoms with Crippen LogP contribution in [0, 0.1) is 12.7 Å². The Morgan fingerprint density at radius 1 is 1.15 bits per heavy atom. The molecule has 138 valence electrons. The highest BCUT2D eigenvalue weighted by molar-refractivity contribution is 6.32. The minimum Gasteiger partial charge on any atom is -0.493 e. The SMILES string of the molecule is COc1cc(C(=O)OCC(=O)Nc2ccc(C)cc2F)cc(Cl)c1OC. The van der Waals surface area contributed by atoms with Gasteiger partial charge < -0.3 is 19.5 Å². The van der Waals surface area contributed by atoms with Crippen LogP contribution in [-0.2, 0) is 9.53 Å². The van der Waals surface area contributed by atoms with E-state index in [0.717, 1.165) is 5.56 Å². The second-order valence-electron chi connectivity index (χ2n) is 5.30. The molecule has 0 bridgehead atoms. The Labute approximate surface area is 154 Å². The summed E-state index contributed by atoms with van der Waals surface area (Å²) in [6, 6.07) is 7.08. The van der Waals surface area contributed by atoms with E-state index >= 15 is 0 Å². The lowest BCUT2D eigenvalue weighted by molar-refractivity contribution is -0.119. The Balaban J connectivity index is 2.02. The van der Waals surface area contributed by atoms with Crippen LogP contribution in [0.1, 0.15) is 15.9 Å². The summed E-state index contributed by atoms with van der Waals surface area (Å²) in [5, 5.41) is 2.49. The number of hydrogen-bond acceptors (Lipinski definition) is 5. The Bertz CT molecular complexity index is 841. The summed E-state index contributed by atoms with van der Waals surface area (Å²) < 4.78 is 28.8. The summed E-state index contributed by atoms with van der Waals surface area (Å²) in [5.41, 5.74) is 0.810. The standard InChI is InChI=1S/C18H17ClFNO5/c1-10-4-5-14(13(20)6-10)21-16(22)9-26-18(23)11-7-12(19)17(25-3)15(8-11)24-2/h4-8H,9H2,1-3H3,(H,21,22). The highest BCUT2D eigenvalue weighted by Gasteiger charge is 2.17. The molecular weight excluding hydrogens is 365 g/mol. The van der Waals surface area contributed by atoms with Gasteiger partial charge in [-0.1, -0.05) is 17.7 Å². The Morgan fingerprint density at radius 3 is 2.50 bits per heavy atom. The molecule has 0 unspecified atom stereocenters. The van der Waals surface area contributed by atoms with Crippen molar-refractivity contribution in [1.82, 2.24) is 0 Å². The van der Waals surface area contributed by atoms with Crippen molar-refractivity contribution >= 4 is 29.2 Å². The number of ether oxygens (including phenoxy) is 3. The van der Waals surface area contributed by atoms with Gasteiger partial charge in [-0.05, 0) is 36.8 Å². The first-order valence-corrected chi connectivity index (χ1v) is 7.88. The zero-order valence-electron chi connectivity index (χ0n) is 14.4. The van der Waals surface area contributed by atoms with Crippen LogP contribution in [0.4, 0.5) is 10.1 Å². The molecule has 0 saturated heterocycles. The van der Waals surface area contributed by atoms with Gasteiger partial charge in [-0.3, -0.25) is 4.79 Å². The van der Waals surface area contributed by atoms with Crippen LogP contribution in [0.5, 0.6) is 11.5 Å².